The summed E-state index contributed by atoms with van der Waals surface area (Å²) in [6.45, 7) is 0. The summed E-state index contributed by atoms with van der Waals surface area (Å²) in [7, 11) is -1.30. The molecule has 0 aliphatic rings. The van der Waals surface area contributed by atoms with Gasteiger partial charge in [-0.05, 0) is 34.9 Å². The lowest BCUT2D eigenvalue weighted by atomic mass is 10.0. The van der Waals surface area contributed by atoms with Crippen molar-refractivity contribution >= 4 is 33.4 Å². The predicted octanol–water partition coefficient (Wildman–Crippen LogP) is 3.15. The third kappa shape index (κ3) is 5.27. The zero-order chi connectivity index (χ0) is 19.9. The summed E-state index contributed by atoms with van der Waals surface area (Å²) in [5.41, 5.74) is 0.813. The number of hydrogen-bond donors (Lipinski definition) is 2. The number of hydrogen-bond acceptors (Lipinski definition) is 3. The number of nitrogens with one attached hydrogen (secondary N) is 1. The fraction of sp³-hybridized carbons (Fsp3) is 0.182. The zero-order valence-electron chi connectivity index (χ0n) is 15.2. The van der Waals surface area contributed by atoms with Crippen molar-refractivity contribution in [2.75, 3.05) is 5.75 Å². The van der Waals surface area contributed by atoms with Crippen molar-refractivity contribution in [3.8, 4) is 0 Å². The van der Waals surface area contributed by atoms with E-state index in [-0.39, 0.29) is 24.5 Å². The van der Waals surface area contributed by atoms with Crippen molar-refractivity contribution < 1.29 is 18.9 Å². The molecule has 0 saturated carbocycles. The molecule has 0 spiro atoms. The van der Waals surface area contributed by atoms with Gasteiger partial charge in [-0.25, -0.2) is 4.79 Å². The second-order valence-electron chi connectivity index (χ2n) is 6.47. The predicted molar refractivity (Wildman–Crippen MR) is 110 cm³/mol. The van der Waals surface area contributed by atoms with Crippen molar-refractivity contribution in [2.24, 2.45) is 0 Å². The number of rotatable bonds is 8. The highest BCUT2D eigenvalue weighted by atomic mass is 32.2. The fourth-order valence-electron chi connectivity index (χ4n) is 2.95. The van der Waals surface area contributed by atoms with Crippen LogP contribution in [0.1, 0.15) is 12.0 Å². The molecule has 2 atom stereocenters. The van der Waals surface area contributed by atoms with Crippen LogP contribution in [0.3, 0.4) is 0 Å². The number of carboxylic acid groups (broad SMARTS) is 1. The van der Waals surface area contributed by atoms with Gasteiger partial charge in [0.25, 0.3) is 0 Å². The highest BCUT2D eigenvalue weighted by molar-refractivity contribution is 7.85. The molecular formula is C22H21NO4S. The minimum atomic E-state index is -1.30. The van der Waals surface area contributed by atoms with Crippen LogP contribution in [-0.2, 0) is 26.8 Å². The fourth-order valence-corrected chi connectivity index (χ4v) is 4.10. The molecule has 1 amide bonds. The lowest BCUT2D eigenvalue weighted by molar-refractivity contribution is -0.141. The molecule has 2 N–H and O–H groups in total. The topological polar surface area (TPSA) is 83.5 Å². The summed E-state index contributed by atoms with van der Waals surface area (Å²) in [5.74, 6) is -1.33. The van der Waals surface area contributed by atoms with Crippen molar-refractivity contribution in [3.63, 3.8) is 0 Å². The molecule has 0 saturated heterocycles. The van der Waals surface area contributed by atoms with Crippen molar-refractivity contribution in [1.29, 1.82) is 0 Å². The molecule has 0 aliphatic carbocycles. The Balaban J connectivity index is 1.59. The van der Waals surface area contributed by atoms with Crippen LogP contribution in [0.2, 0.25) is 0 Å². The van der Waals surface area contributed by atoms with Crippen LogP contribution in [0.4, 0.5) is 0 Å². The van der Waals surface area contributed by atoms with E-state index in [4.69, 9.17) is 0 Å². The molecule has 28 heavy (non-hydrogen) atoms. The third-order valence-corrected chi connectivity index (χ3v) is 5.81. The standard InChI is InChI=1S/C22H21NO4S/c24-21(15-16-10-11-17-6-4-5-7-18(17)14-16)23-20(22(25)26)12-13-28(27)19-8-2-1-3-9-19/h1-11,14,20H,12-13,15H2,(H,23,24)(H,25,26)/t20-,28+/m0/s1. The molecular weight excluding hydrogens is 374 g/mol. The Hall–Kier alpha value is -2.99. The first-order valence-electron chi connectivity index (χ1n) is 8.96. The van der Waals surface area contributed by atoms with E-state index in [1.807, 2.05) is 48.5 Å². The molecule has 3 rings (SSSR count). The van der Waals surface area contributed by atoms with Crippen LogP contribution in [0.25, 0.3) is 10.8 Å². The molecule has 3 aromatic rings. The van der Waals surface area contributed by atoms with Gasteiger partial charge in [-0.1, -0.05) is 60.7 Å². The first-order chi connectivity index (χ1) is 13.5. The number of benzene rings is 3. The van der Waals surface area contributed by atoms with Crippen LogP contribution >= 0.6 is 0 Å². The lowest BCUT2D eigenvalue weighted by Gasteiger charge is -2.14. The number of carbonyl (C=O) groups is 2. The molecule has 144 valence electrons. The first kappa shape index (κ1) is 19.8. The van der Waals surface area contributed by atoms with Gasteiger partial charge in [-0.3, -0.25) is 9.00 Å². The summed E-state index contributed by atoms with van der Waals surface area (Å²) < 4.78 is 12.3. The van der Waals surface area contributed by atoms with Crippen LogP contribution in [0, 0.1) is 0 Å². The Morgan fingerprint density at radius 3 is 2.32 bits per heavy atom. The summed E-state index contributed by atoms with van der Waals surface area (Å²) in [6, 6.07) is 21.4. The number of fused-ring (bicyclic) bond motifs is 1. The number of carboxylic acids is 1. The summed E-state index contributed by atoms with van der Waals surface area (Å²) in [4.78, 5) is 24.5. The van der Waals surface area contributed by atoms with E-state index in [9.17, 15) is 18.9 Å². The Morgan fingerprint density at radius 1 is 0.929 bits per heavy atom. The number of aliphatic carboxylic acids is 1. The van der Waals surface area contributed by atoms with Crippen LogP contribution in [0.5, 0.6) is 0 Å². The van der Waals surface area contributed by atoms with Gasteiger partial charge in [-0.2, -0.15) is 0 Å². The van der Waals surface area contributed by atoms with Crippen LogP contribution in [-0.4, -0.2) is 33.0 Å². The van der Waals surface area contributed by atoms with Crippen molar-refractivity contribution in [2.45, 2.75) is 23.8 Å². The van der Waals surface area contributed by atoms with E-state index in [2.05, 4.69) is 5.32 Å². The second-order valence-corrected chi connectivity index (χ2v) is 8.04. The van der Waals surface area contributed by atoms with Gasteiger partial charge >= 0.3 is 5.97 Å². The van der Waals surface area contributed by atoms with E-state index in [1.165, 1.54) is 0 Å². The van der Waals surface area contributed by atoms with Gasteiger partial charge in [0.15, 0.2) is 0 Å². The highest BCUT2D eigenvalue weighted by Crippen LogP contribution is 2.16. The van der Waals surface area contributed by atoms with Gasteiger partial charge in [0, 0.05) is 10.6 Å². The van der Waals surface area contributed by atoms with Crippen molar-refractivity contribution in [1.82, 2.24) is 5.32 Å². The van der Waals surface area contributed by atoms with Crippen LogP contribution < -0.4 is 5.32 Å². The first-order valence-corrected chi connectivity index (χ1v) is 10.3. The molecule has 0 bridgehead atoms. The van der Waals surface area contributed by atoms with Gasteiger partial charge in [-0.15, -0.1) is 0 Å². The quantitative estimate of drug-likeness (QED) is 0.614. The van der Waals surface area contributed by atoms with Crippen molar-refractivity contribution in [3.05, 3.63) is 78.4 Å². The van der Waals surface area contributed by atoms with E-state index >= 15 is 0 Å². The average molecular weight is 395 g/mol. The minimum Gasteiger partial charge on any atom is -0.480 e. The second kappa shape index (κ2) is 9.28. The summed E-state index contributed by atoms with van der Waals surface area (Å²) >= 11 is 0. The molecule has 0 unspecified atom stereocenters. The normalized spacial score (nSPS) is 13.0. The summed E-state index contributed by atoms with van der Waals surface area (Å²) in [6.07, 6.45) is 0.191. The Kier molecular flexibility index (Phi) is 6.55. The molecule has 0 aromatic heterocycles. The molecule has 6 heteroatoms. The monoisotopic (exact) mass is 395 g/mol. The van der Waals surface area contributed by atoms with E-state index in [1.54, 1.807) is 24.3 Å². The molecule has 3 aromatic carbocycles. The smallest absolute Gasteiger partial charge is 0.326 e. The molecule has 0 heterocycles. The Morgan fingerprint density at radius 2 is 1.61 bits per heavy atom. The molecule has 5 nitrogen and oxygen atoms in total. The Labute approximate surface area is 165 Å². The largest absolute Gasteiger partial charge is 0.480 e. The van der Waals surface area contributed by atoms with Gasteiger partial charge in [0.1, 0.15) is 6.04 Å². The highest BCUT2D eigenvalue weighted by Gasteiger charge is 2.21. The minimum absolute atomic E-state index is 0.0936. The van der Waals surface area contributed by atoms with Gasteiger partial charge in [0.2, 0.25) is 5.91 Å². The maximum absolute atomic E-state index is 12.3. The molecule has 0 aliphatic heterocycles. The molecule has 0 radical (unpaired) electrons. The van der Waals surface area contributed by atoms with Crippen LogP contribution in [0.15, 0.2) is 77.7 Å². The van der Waals surface area contributed by atoms with E-state index in [0.717, 1.165) is 16.3 Å². The summed E-state index contributed by atoms with van der Waals surface area (Å²) in [5, 5.41) is 14.1. The average Bonchev–Trinajstić information content (AvgIpc) is 2.71. The molecule has 0 fully saturated rings. The van der Waals surface area contributed by atoms with E-state index in [0.29, 0.717) is 4.90 Å². The van der Waals surface area contributed by atoms with Gasteiger partial charge < -0.3 is 10.4 Å². The lowest BCUT2D eigenvalue weighted by Crippen LogP contribution is -2.42. The van der Waals surface area contributed by atoms with Gasteiger partial charge in [0.05, 0.1) is 17.2 Å². The third-order valence-electron chi connectivity index (χ3n) is 4.41. The van der Waals surface area contributed by atoms with E-state index < -0.39 is 22.8 Å². The maximum Gasteiger partial charge on any atom is 0.326 e. The SMILES string of the molecule is O=C(Cc1ccc2ccccc2c1)N[C@@H](CC[S@@](=O)c1ccccc1)C(=O)O. The number of carbonyl (C=O) groups excluding carboxylic acids is 1. The Bertz CT molecular complexity index is 1000. The number of amides is 1. The maximum atomic E-state index is 12.3. The zero-order valence-corrected chi connectivity index (χ0v) is 16.0.